The van der Waals surface area contributed by atoms with Crippen molar-refractivity contribution >= 4 is 31.4 Å². The summed E-state index contributed by atoms with van der Waals surface area (Å²) in [6, 6.07) is -0.0321. The lowest BCUT2D eigenvalue weighted by atomic mass is 10.1. The van der Waals surface area contributed by atoms with Crippen molar-refractivity contribution in [3.63, 3.8) is 0 Å². The molecule has 1 aromatic heterocycles. The van der Waals surface area contributed by atoms with Crippen LogP contribution in [0.4, 0.5) is 0 Å². The fourth-order valence-corrected chi connectivity index (χ4v) is 6.58. The number of hydrogen-bond donors (Lipinski definition) is 2. The molecule has 132 valence electrons. The molecule has 0 fully saturated rings. The Morgan fingerprint density at radius 1 is 1.65 bits per heavy atom. The van der Waals surface area contributed by atoms with Gasteiger partial charge in [0.05, 0.1) is 0 Å². The smallest absolute Gasteiger partial charge is 0.252 e. The number of primary sulfonamides is 1. The van der Waals surface area contributed by atoms with E-state index in [1.807, 2.05) is 0 Å². The summed E-state index contributed by atoms with van der Waals surface area (Å²) in [4.78, 5) is 0. The monoisotopic (exact) mass is 388 g/mol. The first-order valence-electron chi connectivity index (χ1n) is 9.04. The first-order chi connectivity index (χ1) is 12.6. The fourth-order valence-electron chi connectivity index (χ4n) is 2.27. The van der Waals surface area contributed by atoms with Gasteiger partial charge < -0.3 is 10.1 Å². The number of likely N-dealkylation sites (N-methyl/N-ethyl adjacent to an activating group) is 1. The van der Waals surface area contributed by atoms with Crippen LogP contribution in [0.5, 0.6) is 0 Å². The van der Waals surface area contributed by atoms with Crippen molar-refractivity contribution in [3.8, 4) is 0 Å². The molecule has 2 rings (SSSR count). The predicted molar refractivity (Wildman–Crippen MR) is 87.4 cm³/mol. The number of nitrogens with one attached hydrogen (secondary N) is 1. The zero-order chi connectivity index (χ0) is 21.5. The van der Waals surface area contributed by atoms with Crippen LogP contribution in [0.15, 0.2) is 14.5 Å². The SMILES string of the molecule is [2H]C([2H])([2H])C([2H])([2H])NC1CN(CCCOC)S(=O)(=O)c2sc(S(N)(=O)=O)cc21. The second-order valence-corrected chi connectivity index (χ2v) is 9.86. The van der Waals surface area contributed by atoms with Crippen LogP contribution < -0.4 is 10.5 Å². The number of fused-ring (bicyclic) bond motifs is 1. The first kappa shape index (κ1) is 12.8. The lowest BCUT2D eigenvalue weighted by Crippen LogP contribution is -2.43. The lowest BCUT2D eigenvalue weighted by Gasteiger charge is -2.32. The zero-order valence-electron chi connectivity index (χ0n) is 17.3. The molecule has 0 saturated carbocycles. The van der Waals surface area contributed by atoms with Gasteiger partial charge in [0.1, 0.15) is 8.42 Å². The van der Waals surface area contributed by atoms with E-state index < -0.39 is 43.6 Å². The molecule has 11 heteroatoms. The molecule has 1 aromatic rings. The number of ether oxygens (including phenoxy) is 1. The molecule has 0 aliphatic carbocycles. The highest BCUT2D eigenvalue weighted by molar-refractivity contribution is 7.94. The standard InChI is InChI=1S/C12H21N3O5S3/c1-3-14-10-8-15(5-4-6-20-2)23(18,19)12-9(10)7-11(21-12)22(13,16)17/h7,10,14H,3-6,8H2,1-2H3,(H2,13,16,17)/i1D3,3D2. The number of rotatable bonds is 7. The molecule has 3 N–H and O–H groups in total. The number of thiophene rings is 1. The van der Waals surface area contributed by atoms with E-state index in [9.17, 15) is 16.8 Å². The van der Waals surface area contributed by atoms with Gasteiger partial charge in [0.2, 0.25) is 10.0 Å². The molecule has 1 aliphatic rings. The third-order valence-electron chi connectivity index (χ3n) is 3.32. The van der Waals surface area contributed by atoms with E-state index in [2.05, 4.69) is 5.32 Å². The van der Waals surface area contributed by atoms with Crippen LogP contribution in [-0.4, -0.2) is 54.4 Å². The van der Waals surface area contributed by atoms with Crippen molar-refractivity contribution in [1.82, 2.24) is 9.62 Å². The van der Waals surface area contributed by atoms with Crippen LogP contribution >= 0.6 is 11.3 Å². The maximum atomic E-state index is 12.9. The predicted octanol–water partition coefficient (Wildman–Crippen LogP) is 0.0869. The number of nitrogens with zero attached hydrogens (tertiary/aromatic N) is 1. The largest absolute Gasteiger partial charge is 0.385 e. The fraction of sp³-hybridized carbons (Fsp3) is 0.667. The number of methoxy groups -OCH3 is 1. The summed E-state index contributed by atoms with van der Waals surface area (Å²) in [5, 5.41) is 7.42. The van der Waals surface area contributed by atoms with Gasteiger partial charge in [0.25, 0.3) is 10.0 Å². The summed E-state index contributed by atoms with van der Waals surface area (Å²) in [6.45, 7) is -5.82. The second-order valence-electron chi connectivity index (χ2n) is 4.88. The van der Waals surface area contributed by atoms with Gasteiger partial charge >= 0.3 is 0 Å². The quantitative estimate of drug-likeness (QED) is 0.639. The van der Waals surface area contributed by atoms with Crippen molar-refractivity contribution in [3.05, 3.63) is 11.6 Å². The van der Waals surface area contributed by atoms with Crippen molar-refractivity contribution in [2.24, 2.45) is 5.14 Å². The molecule has 0 bridgehead atoms. The maximum Gasteiger partial charge on any atom is 0.252 e. The van der Waals surface area contributed by atoms with E-state index in [0.29, 0.717) is 17.8 Å². The van der Waals surface area contributed by atoms with Crippen molar-refractivity contribution in [2.75, 3.05) is 33.3 Å². The van der Waals surface area contributed by atoms with Gasteiger partial charge in [-0.25, -0.2) is 22.0 Å². The van der Waals surface area contributed by atoms with Crippen LogP contribution in [0.1, 0.15) is 31.7 Å². The Bertz CT molecular complexity index is 929. The summed E-state index contributed by atoms with van der Waals surface area (Å²) >= 11 is 0.453. The Labute approximate surface area is 147 Å². The Kier molecular flexibility index (Phi) is 3.95. The zero-order valence-corrected chi connectivity index (χ0v) is 14.7. The van der Waals surface area contributed by atoms with Crippen LogP contribution in [0.2, 0.25) is 0 Å². The highest BCUT2D eigenvalue weighted by atomic mass is 32.3. The van der Waals surface area contributed by atoms with E-state index in [4.69, 9.17) is 16.7 Å². The molecule has 0 spiro atoms. The Morgan fingerprint density at radius 3 is 3.00 bits per heavy atom. The molecule has 1 unspecified atom stereocenters. The summed E-state index contributed by atoms with van der Waals surface area (Å²) in [6.07, 6.45) is 0.345. The van der Waals surface area contributed by atoms with Gasteiger partial charge in [-0.05, 0) is 19.0 Å². The lowest BCUT2D eigenvalue weighted by molar-refractivity contribution is 0.185. The van der Waals surface area contributed by atoms with E-state index in [0.717, 1.165) is 10.4 Å². The summed E-state index contributed by atoms with van der Waals surface area (Å²) in [7, 11) is -6.80. The molecule has 23 heavy (non-hydrogen) atoms. The van der Waals surface area contributed by atoms with Gasteiger partial charge in [-0.15, -0.1) is 11.3 Å². The molecule has 1 aliphatic heterocycles. The topological polar surface area (TPSA) is 119 Å². The molecule has 1 atom stereocenters. The Morgan fingerprint density at radius 2 is 2.39 bits per heavy atom. The van der Waals surface area contributed by atoms with E-state index >= 15 is 0 Å². The number of nitrogens with two attached hydrogens (primary N) is 1. The summed E-state index contributed by atoms with van der Waals surface area (Å²) in [5.41, 5.74) is -0.0230. The van der Waals surface area contributed by atoms with Crippen LogP contribution in [0.25, 0.3) is 0 Å². The van der Waals surface area contributed by atoms with Gasteiger partial charge in [-0.2, -0.15) is 4.31 Å². The molecular formula is C12H21N3O5S3. The van der Waals surface area contributed by atoms with Crippen molar-refractivity contribution < 1.29 is 28.4 Å². The Balaban J connectivity index is 2.52. The van der Waals surface area contributed by atoms with E-state index in [1.54, 1.807) is 0 Å². The van der Waals surface area contributed by atoms with Gasteiger partial charge in [-0.1, -0.05) is 6.85 Å². The second kappa shape index (κ2) is 7.13. The minimum atomic E-state index is -4.20. The van der Waals surface area contributed by atoms with Gasteiger partial charge in [-0.3, -0.25) is 0 Å². The molecule has 0 radical (unpaired) electrons. The van der Waals surface area contributed by atoms with Crippen molar-refractivity contribution in [1.29, 1.82) is 0 Å². The summed E-state index contributed by atoms with van der Waals surface area (Å²) in [5.74, 6) is 0. The van der Waals surface area contributed by atoms with Crippen LogP contribution in [-0.2, 0) is 24.8 Å². The number of sulfonamides is 2. The highest BCUT2D eigenvalue weighted by Crippen LogP contribution is 2.39. The third kappa shape index (κ3) is 3.92. The molecule has 2 heterocycles. The Hall–Kier alpha value is -0.560. The minimum Gasteiger partial charge on any atom is -0.385 e. The first-order valence-corrected chi connectivity index (χ1v) is 10.3. The van der Waals surface area contributed by atoms with Crippen LogP contribution in [0, 0.1) is 0 Å². The highest BCUT2D eigenvalue weighted by Gasteiger charge is 2.39. The van der Waals surface area contributed by atoms with Gasteiger partial charge in [0.15, 0.2) is 0 Å². The molecular weight excluding hydrogens is 362 g/mol. The van der Waals surface area contributed by atoms with E-state index in [1.165, 1.54) is 7.11 Å². The average Bonchev–Trinajstić information content (AvgIpc) is 2.97. The minimum absolute atomic E-state index is 0.0230. The molecule has 0 aromatic carbocycles. The normalized spacial score (nSPS) is 25.7. The third-order valence-corrected chi connectivity index (χ3v) is 8.28. The number of hydrogen-bond acceptors (Lipinski definition) is 7. The van der Waals surface area contributed by atoms with Crippen LogP contribution in [0.3, 0.4) is 0 Å². The molecule has 0 amide bonds. The molecule has 0 saturated heterocycles. The molecule has 8 nitrogen and oxygen atoms in total. The maximum absolute atomic E-state index is 12.9. The average molecular weight is 389 g/mol. The summed E-state index contributed by atoms with van der Waals surface area (Å²) < 4.78 is 91.9. The van der Waals surface area contributed by atoms with Crippen molar-refractivity contribution in [2.45, 2.75) is 27.7 Å². The van der Waals surface area contributed by atoms with E-state index in [-0.39, 0.29) is 29.5 Å². The van der Waals surface area contributed by atoms with Gasteiger partial charge in [0, 0.05) is 45.3 Å².